The summed E-state index contributed by atoms with van der Waals surface area (Å²) in [5.41, 5.74) is 1.11. The van der Waals surface area contributed by atoms with Gasteiger partial charge in [0.1, 0.15) is 12.4 Å². The molecule has 0 saturated heterocycles. The molecule has 176 valence electrons. The molecule has 0 unspecified atom stereocenters. The number of amides is 2. The quantitative estimate of drug-likeness (QED) is 0.756. The van der Waals surface area contributed by atoms with Crippen LogP contribution in [0.3, 0.4) is 0 Å². The summed E-state index contributed by atoms with van der Waals surface area (Å²) in [6.07, 6.45) is 4.43. The highest BCUT2D eigenvalue weighted by Gasteiger charge is 2.32. The first-order valence-electron chi connectivity index (χ1n) is 12.0. The molecular formula is C25H37N3O4. The highest BCUT2D eigenvalue weighted by atomic mass is 16.5. The van der Waals surface area contributed by atoms with Crippen molar-refractivity contribution in [3.63, 3.8) is 0 Å². The van der Waals surface area contributed by atoms with Gasteiger partial charge in [-0.1, -0.05) is 6.92 Å². The number of anilines is 1. The van der Waals surface area contributed by atoms with Crippen molar-refractivity contribution in [3.05, 3.63) is 23.8 Å². The van der Waals surface area contributed by atoms with Crippen LogP contribution in [0.15, 0.2) is 18.2 Å². The number of hydrogen-bond donors (Lipinski definition) is 1. The van der Waals surface area contributed by atoms with Gasteiger partial charge < -0.3 is 19.7 Å². The Morgan fingerprint density at radius 3 is 2.59 bits per heavy atom. The summed E-state index contributed by atoms with van der Waals surface area (Å²) < 4.78 is 12.0. The number of nitrogens with zero attached hydrogens (tertiary/aromatic N) is 2. The van der Waals surface area contributed by atoms with Gasteiger partial charge in [0.15, 0.2) is 0 Å². The van der Waals surface area contributed by atoms with Crippen LogP contribution in [0.2, 0.25) is 0 Å². The van der Waals surface area contributed by atoms with E-state index in [9.17, 15) is 9.59 Å². The Balaban J connectivity index is 1.60. The maximum absolute atomic E-state index is 13.4. The van der Waals surface area contributed by atoms with Crippen LogP contribution in [0.4, 0.5) is 5.69 Å². The predicted octanol–water partition coefficient (Wildman–Crippen LogP) is 3.25. The molecule has 1 aromatic carbocycles. The lowest BCUT2D eigenvalue weighted by Gasteiger charge is -2.36. The standard InChI is InChI=1S/C25H37N3O4/c1-16-12-28(13-18-5-6-18)17(2)15-32-22-10-9-20(26-24(29)19-7-8-19)11-21(22)25(30)27(3)14-23(16)31-4/h9-11,16-19,23H,5-8,12-15H2,1-4H3,(H,26,29)/t16-,17-,23-/m0/s1. The second-order valence-electron chi connectivity index (χ2n) is 9.97. The van der Waals surface area contributed by atoms with Crippen molar-refractivity contribution in [2.75, 3.05) is 45.7 Å². The molecule has 1 N–H and O–H groups in total. The number of ether oxygens (including phenoxy) is 2. The number of methoxy groups -OCH3 is 1. The number of fused-ring (bicyclic) bond motifs is 1. The Bertz CT molecular complexity index is 836. The molecule has 2 aliphatic carbocycles. The van der Waals surface area contributed by atoms with Gasteiger partial charge in [-0.15, -0.1) is 0 Å². The molecular weight excluding hydrogens is 406 g/mol. The molecule has 7 heteroatoms. The molecule has 1 heterocycles. The van der Waals surface area contributed by atoms with E-state index in [1.54, 1.807) is 25.1 Å². The van der Waals surface area contributed by atoms with E-state index in [4.69, 9.17) is 9.47 Å². The molecule has 0 aromatic heterocycles. The van der Waals surface area contributed by atoms with Crippen LogP contribution in [0, 0.1) is 17.8 Å². The summed E-state index contributed by atoms with van der Waals surface area (Å²) in [4.78, 5) is 29.8. The smallest absolute Gasteiger partial charge is 0.257 e. The topological polar surface area (TPSA) is 71.1 Å². The molecule has 3 atom stereocenters. The van der Waals surface area contributed by atoms with Crippen molar-refractivity contribution in [1.29, 1.82) is 0 Å². The minimum absolute atomic E-state index is 0.0254. The largest absolute Gasteiger partial charge is 0.491 e. The predicted molar refractivity (Wildman–Crippen MR) is 124 cm³/mol. The molecule has 2 amide bonds. The van der Waals surface area contributed by atoms with Crippen LogP contribution in [-0.2, 0) is 9.53 Å². The first-order chi connectivity index (χ1) is 15.4. The van der Waals surface area contributed by atoms with Gasteiger partial charge in [-0.25, -0.2) is 0 Å². The monoisotopic (exact) mass is 443 g/mol. The van der Waals surface area contributed by atoms with E-state index in [1.165, 1.54) is 12.8 Å². The lowest BCUT2D eigenvalue weighted by Crippen LogP contribution is -2.47. The third-order valence-electron chi connectivity index (χ3n) is 6.98. The van der Waals surface area contributed by atoms with E-state index < -0.39 is 0 Å². The lowest BCUT2D eigenvalue weighted by molar-refractivity contribution is -0.117. The average Bonchev–Trinajstić information content (AvgIpc) is 3.68. The van der Waals surface area contributed by atoms with Gasteiger partial charge in [0.2, 0.25) is 5.91 Å². The van der Waals surface area contributed by atoms with Crippen LogP contribution in [0.1, 0.15) is 49.9 Å². The highest BCUT2D eigenvalue weighted by molar-refractivity contribution is 6.00. The highest BCUT2D eigenvalue weighted by Crippen LogP contribution is 2.33. The van der Waals surface area contributed by atoms with Crippen molar-refractivity contribution >= 4 is 17.5 Å². The molecule has 32 heavy (non-hydrogen) atoms. The van der Waals surface area contributed by atoms with E-state index in [-0.39, 0.29) is 35.8 Å². The second-order valence-corrected chi connectivity index (χ2v) is 9.97. The number of carbonyl (C=O) groups excluding carboxylic acids is 2. The second kappa shape index (κ2) is 9.79. The summed E-state index contributed by atoms with van der Waals surface area (Å²) in [5, 5.41) is 2.95. The fourth-order valence-corrected chi connectivity index (χ4v) is 4.41. The van der Waals surface area contributed by atoms with Gasteiger partial charge in [0.25, 0.3) is 5.91 Å². The van der Waals surface area contributed by atoms with Crippen LogP contribution in [-0.4, -0.2) is 74.2 Å². The van der Waals surface area contributed by atoms with Crippen molar-refractivity contribution in [3.8, 4) is 5.75 Å². The van der Waals surface area contributed by atoms with Crippen molar-refractivity contribution in [1.82, 2.24) is 9.80 Å². The zero-order chi connectivity index (χ0) is 22.8. The van der Waals surface area contributed by atoms with Gasteiger partial charge in [0.05, 0.1) is 11.7 Å². The molecule has 3 aliphatic rings. The molecule has 1 aromatic rings. The fourth-order valence-electron chi connectivity index (χ4n) is 4.41. The molecule has 4 rings (SSSR count). The summed E-state index contributed by atoms with van der Waals surface area (Å²) in [6.45, 7) is 7.40. The van der Waals surface area contributed by atoms with Crippen LogP contribution < -0.4 is 10.1 Å². The van der Waals surface area contributed by atoms with Crippen molar-refractivity contribution in [2.45, 2.75) is 51.7 Å². The zero-order valence-corrected chi connectivity index (χ0v) is 19.8. The fraction of sp³-hybridized carbons (Fsp3) is 0.680. The SMILES string of the molecule is CO[C@H]1CN(C)C(=O)c2cc(NC(=O)C3CC3)ccc2OC[C@H](C)N(CC2CC2)C[C@@H]1C. The molecule has 7 nitrogen and oxygen atoms in total. The average molecular weight is 444 g/mol. The summed E-state index contributed by atoms with van der Waals surface area (Å²) in [6, 6.07) is 5.61. The van der Waals surface area contributed by atoms with E-state index in [2.05, 4.69) is 24.1 Å². The number of nitrogens with one attached hydrogen (secondary N) is 1. The Labute approximate surface area is 191 Å². The van der Waals surface area contributed by atoms with E-state index in [1.807, 2.05) is 12.1 Å². The maximum atomic E-state index is 13.4. The summed E-state index contributed by atoms with van der Waals surface area (Å²) in [7, 11) is 3.53. The zero-order valence-electron chi connectivity index (χ0n) is 19.8. The van der Waals surface area contributed by atoms with Gasteiger partial charge in [0, 0.05) is 51.4 Å². The van der Waals surface area contributed by atoms with Crippen molar-refractivity contribution < 1.29 is 19.1 Å². The Hall–Kier alpha value is -2.12. The minimum Gasteiger partial charge on any atom is -0.491 e. The number of benzene rings is 1. The first-order valence-corrected chi connectivity index (χ1v) is 12.0. The molecule has 2 fully saturated rings. The minimum atomic E-state index is -0.125. The Morgan fingerprint density at radius 2 is 1.94 bits per heavy atom. The lowest BCUT2D eigenvalue weighted by atomic mass is 10.0. The number of carbonyl (C=O) groups is 2. The number of hydrogen-bond acceptors (Lipinski definition) is 5. The molecule has 0 radical (unpaired) electrons. The maximum Gasteiger partial charge on any atom is 0.257 e. The molecule has 0 bridgehead atoms. The van der Waals surface area contributed by atoms with Crippen molar-refractivity contribution in [2.24, 2.45) is 17.8 Å². The third-order valence-corrected chi connectivity index (χ3v) is 6.98. The number of likely N-dealkylation sites (N-methyl/N-ethyl adjacent to an activating group) is 1. The van der Waals surface area contributed by atoms with Gasteiger partial charge >= 0.3 is 0 Å². The Kier molecular flexibility index (Phi) is 7.05. The number of rotatable bonds is 5. The van der Waals surface area contributed by atoms with Gasteiger partial charge in [-0.2, -0.15) is 0 Å². The van der Waals surface area contributed by atoms with Crippen LogP contribution >= 0.6 is 0 Å². The van der Waals surface area contributed by atoms with E-state index >= 15 is 0 Å². The van der Waals surface area contributed by atoms with Gasteiger partial charge in [-0.05, 0) is 62.6 Å². The molecule has 1 aliphatic heterocycles. The summed E-state index contributed by atoms with van der Waals surface area (Å²) >= 11 is 0. The van der Waals surface area contributed by atoms with Gasteiger partial charge in [-0.3, -0.25) is 14.5 Å². The van der Waals surface area contributed by atoms with E-state index in [0.29, 0.717) is 30.2 Å². The van der Waals surface area contributed by atoms with E-state index in [0.717, 1.165) is 31.8 Å². The van der Waals surface area contributed by atoms with Crippen LogP contribution in [0.5, 0.6) is 5.75 Å². The first kappa shape index (κ1) is 23.1. The Morgan fingerprint density at radius 1 is 1.19 bits per heavy atom. The molecule has 0 spiro atoms. The third kappa shape index (κ3) is 5.62. The molecule has 2 saturated carbocycles. The normalized spacial score (nSPS) is 27.7. The summed E-state index contributed by atoms with van der Waals surface area (Å²) in [5.74, 6) is 1.63. The van der Waals surface area contributed by atoms with Crippen LogP contribution in [0.25, 0.3) is 0 Å².